The van der Waals surface area contributed by atoms with E-state index in [-0.39, 0.29) is 0 Å². The molecule has 0 fully saturated rings. The Kier molecular flexibility index (Phi) is 8.11. The van der Waals surface area contributed by atoms with Crippen LogP contribution in [0.2, 0.25) is 0 Å². The molecule has 0 amide bonds. The van der Waals surface area contributed by atoms with Crippen LogP contribution in [-0.4, -0.2) is 11.7 Å². The Morgan fingerprint density at radius 1 is 1.15 bits per heavy atom. The molecule has 0 saturated heterocycles. The van der Waals surface area contributed by atoms with E-state index in [0.717, 1.165) is 18.8 Å². The summed E-state index contributed by atoms with van der Waals surface area (Å²) in [7, 11) is 0. The van der Waals surface area contributed by atoms with Gasteiger partial charge in [0.05, 0.1) is 0 Å². The van der Waals surface area contributed by atoms with E-state index >= 15 is 0 Å². The molecule has 0 aromatic heterocycles. The molecule has 1 N–H and O–H groups in total. The molecule has 0 aliphatic rings. The minimum absolute atomic E-state index is 0.330. The van der Waals surface area contributed by atoms with Gasteiger partial charge in [0.15, 0.2) is 0 Å². The molecule has 0 aromatic carbocycles. The van der Waals surface area contributed by atoms with E-state index in [9.17, 15) is 0 Å². The van der Waals surface area contributed by atoms with Gasteiger partial charge in [-0.15, -0.1) is 0 Å². The van der Waals surface area contributed by atoms with E-state index in [0.29, 0.717) is 12.5 Å². The third-order valence-electron chi connectivity index (χ3n) is 2.36. The lowest BCUT2D eigenvalue weighted by Crippen LogP contribution is -1.99. The second-order valence-electron chi connectivity index (χ2n) is 4.12. The van der Waals surface area contributed by atoms with Crippen LogP contribution >= 0.6 is 0 Å². The molecule has 1 heteroatoms. The molecule has 0 aromatic rings. The van der Waals surface area contributed by atoms with E-state index in [2.05, 4.69) is 32.9 Å². The maximum atomic E-state index is 8.79. The van der Waals surface area contributed by atoms with E-state index in [4.69, 9.17) is 5.11 Å². The Bertz CT molecular complexity index is 127. The second-order valence-corrected chi connectivity index (χ2v) is 4.12. The molecule has 1 unspecified atom stereocenters. The zero-order valence-electron chi connectivity index (χ0n) is 9.29. The molecular weight excluding hydrogens is 160 g/mol. The Balaban J connectivity index is 3.52. The molecule has 0 aliphatic heterocycles. The highest BCUT2D eigenvalue weighted by Crippen LogP contribution is 2.13. The number of allylic oxidation sites excluding steroid dienone is 2. The van der Waals surface area contributed by atoms with Gasteiger partial charge in [-0.25, -0.2) is 0 Å². The Hall–Kier alpha value is -0.300. The topological polar surface area (TPSA) is 20.2 Å². The third-order valence-corrected chi connectivity index (χ3v) is 2.36. The summed E-state index contributed by atoms with van der Waals surface area (Å²) >= 11 is 0. The molecule has 1 atom stereocenters. The maximum Gasteiger partial charge on any atom is 0.0433 e. The van der Waals surface area contributed by atoms with Crippen molar-refractivity contribution >= 4 is 0 Å². The fourth-order valence-electron chi connectivity index (χ4n) is 1.33. The minimum atomic E-state index is 0.330. The average Bonchev–Trinajstić information content (AvgIpc) is 2.10. The number of hydrogen-bond acceptors (Lipinski definition) is 1. The van der Waals surface area contributed by atoms with Crippen LogP contribution in [-0.2, 0) is 0 Å². The van der Waals surface area contributed by atoms with Gasteiger partial charge in [0.1, 0.15) is 0 Å². The number of aliphatic hydroxyl groups is 1. The van der Waals surface area contributed by atoms with Crippen molar-refractivity contribution in [3.63, 3.8) is 0 Å². The van der Waals surface area contributed by atoms with Gasteiger partial charge < -0.3 is 5.11 Å². The highest BCUT2D eigenvalue weighted by Gasteiger charge is 2.01. The highest BCUT2D eigenvalue weighted by atomic mass is 16.3. The molecule has 0 heterocycles. The molecule has 13 heavy (non-hydrogen) atoms. The predicted octanol–water partition coefficient (Wildman–Crippen LogP) is 3.39. The summed E-state index contributed by atoms with van der Waals surface area (Å²) in [4.78, 5) is 0. The number of hydrogen-bond donors (Lipinski definition) is 1. The predicted molar refractivity (Wildman–Crippen MR) is 58.7 cm³/mol. The summed E-state index contributed by atoms with van der Waals surface area (Å²) in [6, 6.07) is 0. The SMILES string of the molecule is CCC(CC=CCC(C)C)CCO. The normalized spacial score (nSPS) is 14.2. The van der Waals surface area contributed by atoms with Crippen molar-refractivity contribution < 1.29 is 5.11 Å². The first-order valence-corrected chi connectivity index (χ1v) is 5.46. The Morgan fingerprint density at radius 3 is 2.23 bits per heavy atom. The number of rotatable bonds is 7. The maximum absolute atomic E-state index is 8.79. The summed E-state index contributed by atoms with van der Waals surface area (Å²) in [6.07, 6.45) is 8.96. The monoisotopic (exact) mass is 184 g/mol. The van der Waals surface area contributed by atoms with Crippen LogP contribution in [0.3, 0.4) is 0 Å². The van der Waals surface area contributed by atoms with Crippen molar-refractivity contribution in [2.45, 2.75) is 46.5 Å². The molecule has 0 bridgehead atoms. The van der Waals surface area contributed by atoms with Crippen LogP contribution in [0, 0.1) is 11.8 Å². The number of aliphatic hydroxyl groups excluding tert-OH is 1. The smallest absolute Gasteiger partial charge is 0.0433 e. The molecule has 0 aliphatic carbocycles. The first-order chi connectivity index (χ1) is 6.20. The van der Waals surface area contributed by atoms with Crippen molar-refractivity contribution in [2.75, 3.05) is 6.61 Å². The van der Waals surface area contributed by atoms with Crippen molar-refractivity contribution in [1.29, 1.82) is 0 Å². The molecule has 0 radical (unpaired) electrons. The van der Waals surface area contributed by atoms with Gasteiger partial charge in [-0.05, 0) is 31.1 Å². The van der Waals surface area contributed by atoms with Gasteiger partial charge in [-0.2, -0.15) is 0 Å². The quantitative estimate of drug-likeness (QED) is 0.601. The van der Waals surface area contributed by atoms with E-state index in [1.807, 2.05) is 0 Å². The van der Waals surface area contributed by atoms with E-state index in [1.165, 1.54) is 12.8 Å². The molecule has 0 rings (SSSR count). The summed E-state index contributed by atoms with van der Waals surface area (Å²) in [5.41, 5.74) is 0. The first kappa shape index (κ1) is 12.7. The van der Waals surface area contributed by atoms with Gasteiger partial charge in [0.25, 0.3) is 0 Å². The van der Waals surface area contributed by atoms with Gasteiger partial charge >= 0.3 is 0 Å². The Labute approximate surface area is 82.9 Å². The minimum Gasteiger partial charge on any atom is -0.396 e. The lowest BCUT2D eigenvalue weighted by Gasteiger charge is -2.09. The Morgan fingerprint density at radius 2 is 1.77 bits per heavy atom. The zero-order valence-corrected chi connectivity index (χ0v) is 9.29. The fraction of sp³-hybridized carbons (Fsp3) is 0.833. The van der Waals surface area contributed by atoms with Gasteiger partial charge in [-0.3, -0.25) is 0 Å². The molecule has 0 saturated carbocycles. The van der Waals surface area contributed by atoms with Crippen LogP contribution < -0.4 is 0 Å². The lowest BCUT2D eigenvalue weighted by molar-refractivity contribution is 0.255. The van der Waals surface area contributed by atoms with Gasteiger partial charge in [-0.1, -0.05) is 39.3 Å². The van der Waals surface area contributed by atoms with Crippen molar-refractivity contribution in [1.82, 2.24) is 0 Å². The van der Waals surface area contributed by atoms with Crippen LogP contribution in [0.15, 0.2) is 12.2 Å². The van der Waals surface area contributed by atoms with E-state index in [1.54, 1.807) is 0 Å². The van der Waals surface area contributed by atoms with Gasteiger partial charge in [0, 0.05) is 6.61 Å². The molecule has 1 nitrogen and oxygen atoms in total. The summed E-state index contributed by atoms with van der Waals surface area (Å²) < 4.78 is 0. The lowest BCUT2D eigenvalue weighted by atomic mass is 9.98. The summed E-state index contributed by atoms with van der Waals surface area (Å²) in [5, 5.41) is 8.79. The highest BCUT2D eigenvalue weighted by molar-refractivity contribution is 4.84. The van der Waals surface area contributed by atoms with Gasteiger partial charge in [0.2, 0.25) is 0 Å². The average molecular weight is 184 g/mol. The standard InChI is InChI=1S/C12H24O/c1-4-12(9-10-13)8-6-5-7-11(2)3/h5-6,11-13H,4,7-10H2,1-3H3. The summed E-state index contributed by atoms with van der Waals surface area (Å²) in [6.45, 7) is 6.98. The zero-order chi connectivity index (χ0) is 10.1. The molecule has 78 valence electrons. The third kappa shape index (κ3) is 8.04. The first-order valence-electron chi connectivity index (χ1n) is 5.46. The summed E-state index contributed by atoms with van der Waals surface area (Å²) in [5.74, 6) is 1.43. The second kappa shape index (κ2) is 8.31. The van der Waals surface area contributed by atoms with Crippen LogP contribution in [0.4, 0.5) is 0 Å². The largest absolute Gasteiger partial charge is 0.396 e. The molecular formula is C12H24O. The van der Waals surface area contributed by atoms with Crippen molar-refractivity contribution in [3.05, 3.63) is 12.2 Å². The van der Waals surface area contributed by atoms with Crippen molar-refractivity contribution in [3.8, 4) is 0 Å². The van der Waals surface area contributed by atoms with E-state index < -0.39 is 0 Å². The van der Waals surface area contributed by atoms with Crippen molar-refractivity contribution in [2.24, 2.45) is 11.8 Å². The fourth-order valence-corrected chi connectivity index (χ4v) is 1.33. The van der Waals surface area contributed by atoms with Crippen LogP contribution in [0.25, 0.3) is 0 Å². The van der Waals surface area contributed by atoms with Crippen LogP contribution in [0.5, 0.6) is 0 Å². The van der Waals surface area contributed by atoms with Crippen LogP contribution in [0.1, 0.15) is 46.5 Å². The molecule has 0 spiro atoms.